The van der Waals surface area contributed by atoms with Gasteiger partial charge in [-0.25, -0.2) is 0 Å². The van der Waals surface area contributed by atoms with Gasteiger partial charge in [-0.2, -0.15) is 0 Å². The molecule has 0 radical (unpaired) electrons. The van der Waals surface area contributed by atoms with Crippen molar-refractivity contribution in [3.63, 3.8) is 0 Å². The van der Waals surface area contributed by atoms with Crippen molar-refractivity contribution in [2.24, 2.45) is 11.7 Å². The van der Waals surface area contributed by atoms with Crippen molar-refractivity contribution in [1.82, 2.24) is 9.80 Å². The van der Waals surface area contributed by atoms with E-state index < -0.39 is 0 Å². The highest BCUT2D eigenvalue weighted by molar-refractivity contribution is 4.82. The largest absolute Gasteiger partial charge is 0.329 e. The SMILES string of the molecule is CC1CCCN(CCN(C)C)C1CN. The molecule has 0 saturated carbocycles. The molecule has 1 saturated heterocycles. The normalized spacial score (nSPS) is 29.8. The van der Waals surface area contributed by atoms with Gasteiger partial charge in [-0.15, -0.1) is 0 Å². The Morgan fingerprint density at radius 1 is 1.43 bits per heavy atom. The maximum Gasteiger partial charge on any atom is 0.0244 e. The predicted octanol–water partition coefficient (Wildman–Crippen LogP) is 0.607. The van der Waals surface area contributed by atoms with Gasteiger partial charge < -0.3 is 10.6 Å². The number of rotatable bonds is 4. The summed E-state index contributed by atoms with van der Waals surface area (Å²) in [5, 5.41) is 0. The Morgan fingerprint density at radius 2 is 2.14 bits per heavy atom. The molecule has 2 unspecified atom stereocenters. The Bertz CT molecular complexity index is 159. The first-order valence-corrected chi connectivity index (χ1v) is 5.74. The van der Waals surface area contributed by atoms with Gasteiger partial charge in [-0.05, 0) is 39.4 Å². The van der Waals surface area contributed by atoms with Crippen LogP contribution in [0.25, 0.3) is 0 Å². The van der Waals surface area contributed by atoms with Crippen LogP contribution in [0.1, 0.15) is 19.8 Å². The first-order valence-electron chi connectivity index (χ1n) is 5.74. The summed E-state index contributed by atoms with van der Waals surface area (Å²) in [6.45, 7) is 6.69. The van der Waals surface area contributed by atoms with E-state index in [1.54, 1.807) is 0 Å². The van der Waals surface area contributed by atoms with E-state index in [0.29, 0.717) is 6.04 Å². The molecule has 2 atom stereocenters. The summed E-state index contributed by atoms with van der Waals surface area (Å²) in [5.41, 5.74) is 5.84. The summed E-state index contributed by atoms with van der Waals surface area (Å²) < 4.78 is 0. The van der Waals surface area contributed by atoms with Crippen LogP contribution >= 0.6 is 0 Å². The molecule has 14 heavy (non-hydrogen) atoms. The van der Waals surface area contributed by atoms with E-state index in [0.717, 1.165) is 19.0 Å². The van der Waals surface area contributed by atoms with Crippen LogP contribution in [0.15, 0.2) is 0 Å². The van der Waals surface area contributed by atoms with Gasteiger partial charge in [0.15, 0.2) is 0 Å². The van der Waals surface area contributed by atoms with Gasteiger partial charge >= 0.3 is 0 Å². The van der Waals surface area contributed by atoms with Crippen LogP contribution in [-0.4, -0.2) is 56.1 Å². The maximum absolute atomic E-state index is 5.84. The lowest BCUT2D eigenvalue weighted by atomic mass is 9.91. The lowest BCUT2D eigenvalue weighted by molar-refractivity contribution is 0.0985. The number of nitrogens with two attached hydrogens (primary N) is 1. The van der Waals surface area contributed by atoms with Gasteiger partial charge in [0.1, 0.15) is 0 Å². The molecule has 84 valence electrons. The van der Waals surface area contributed by atoms with Gasteiger partial charge in [-0.3, -0.25) is 4.90 Å². The average Bonchev–Trinajstić information content (AvgIpc) is 2.14. The van der Waals surface area contributed by atoms with Gasteiger partial charge in [0.05, 0.1) is 0 Å². The molecule has 0 spiro atoms. The number of likely N-dealkylation sites (N-methyl/N-ethyl adjacent to an activating group) is 1. The van der Waals surface area contributed by atoms with Gasteiger partial charge in [-0.1, -0.05) is 6.92 Å². The zero-order valence-electron chi connectivity index (χ0n) is 9.87. The zero-order chi connectivity index (χ0) is 10.6. The molecule has 1 aliphatic rings. The summed E-state index contributed by atoms with van der Waals surface area (Å²) in [6.07, 6.45) is 2.69. The average molecular weight is 199 g/mol. The van der Waals surface area contributed by atoms with E-state index in [1.807, 2.05) is 0 Å². The number of hydrogen-bond donors (Lipinski definition) is 1. The topological polar surface area (TPSA) is 32.5 Å². The van der Waals surface area contributed by atoms with Crippen molar-refractivity contribution in [2.75, 3.05) is 40.3 Å². The summed E-state index contributed by atoms with van der Waals surface area (Å²) in [5.74, 6) is 0.774. The number of piperidine rings is 1. The number of nitrogens with zero attached hydrogens (tertiary/aromatic N) is 2. The van der Waals surface area contributed by atoms with E-state index in [9.17, 15) is 0 Å². The van der Waals surface area contributed by atoms with Crippen molar-refractivity contribution >= 4 is 0 Å². The summed E-state index contributed by atoms with van der Waals surface area (Å²) in [7, 11) is 4.26. The van der Waals surface area contributed by atoms with E-state index in [1.165, 1.54) is 25.9 Å². The maximum atomic E-state index is 5.84. The fourth-order valence-corrected chi connectivity index (χ4v) is 2.32. The smallest absolute Gasteiger partial charge is 0.0244 e. The van der Waals surface area contributed by atoms with E-state index in [-0.39, 0.29) is 0 Å². The minimum Gasteiger partial charge on any atom is -0.329 e. The standard InChI is InChI=1S/C11H25N3/c1-10-5-4-6-14(11(10)9-12)8-7-13(2)3/h10-11H,4-9,12H2,1-3H3. The molecular formula is C11H25N3. The molecule has 1 heterocycles. The van der Waals surface area contributed by atoms with Gasteiger partial charge in [0.25, 0.3) is 0 Å². The van der Waals surface area contributed by atoms with Crippen molar-refractivity contribution in [2.45, 2.75) is 25.8 Å². The Hall–Kier alpha value is -0.120. The second-order valence-electron chi connectivity index (χ2n) is 4.76. The van der Waals surface area contributed by atoms with Crippen LogP contribution in [-0.2, 0) is 0 Å². The van der Waals surface area contributed by atoms with E-state index >= 15 is 0 Å². The van der Waals surface area contributed by atoms with Crippen molar-refractivity contribution in [1.29, 1.82) is 0 Å². The molecule has 0 aromatic rings. The highest BCUT2D eigenvalue weighted by Gasteiger charge is 2.26. The first kappa shape index (κ1) is 12.0. The Labute approximate surface area is 88.2 Å². The van der Waals surface area contributed by atoms with Gasteiger partial charge in [0, 0.05) is 25.7 Å². The third-order valence-corrected chi connectivity index (χ3v) is 3.31. The minimum atomic E-state index is 0.615. The van der Waals surface area contributed by atoms with Crippen LogP contribution in [0.5, 0.6) is 0 Å². The number of likely N-dealkylation sites (tertiary alicyclic amines) is 1. The molecule has 1 rings (SSSR count). The molecule has 1 fully saturated rings. The van der Waals surface area contributed by atoms with Crippen molar-refractivity contribution < 1.29 is 0 Å². The van der Waals surface area contributed by atoms with E-state index in [2.05, 4.69) is 30.8 Å². The predicted molar refractivity (Wildman–Crippen MR) is 61.4 cm³/mol. The molecule has 0 amide bonds. The molecule has 0 aliphatic carbocycles. The Balaban J connectivity index is 2.39. The molecule has 0 bridgehead atoms. The lowest BCUT2D eigenvalue weighted by Gasteiger charge is -2.39. The summed E-state index contributed by atoms with van der Waals surface area (Å²) >= 11 is 0. The molecule has 3 heteroatoms. The van der Waals surface area contributed by atoms with Crippen LogP contribution in [0.4, 0.5) is 0 Å². The quantitative estimate of drug-likeness (QED) is 0.720. The second kappa shape index (κ2) is 5.69. The van der Waals surface area contributed by atoms with Crippen LogP contribution < -0.4 is 5.73 Å². The molecule has 3 nitrogen and oxygen atoms in total. The molecule has 1 aliphatic heterocycles. The lowest BCUT2D eigenvalue weighted by Crippen LogP contribution is -2.50. The Kier molecular flexibility index (Phi) is 4.85. The molecule has 2 N–H and O–H groups in total. The first-order chi connectivity index (χ1) is 6.65. The van der Waals surface area contributed by atoms with Gasteiger partial charge in [0.2, 0.25) is 0 Å². The highest BCUT2D eigenvalue weighted by atomic mass is 15.2. The molecule has 0 aromatic carbocycles. The minimum absolute atomic E-state index is 0.615. The fourth-order valence-electron chi connectivity index (χ4n) is 2.32. The second-order valence-corrected chi connectivity index (χ2v) is 4.76. The third-order valence-electron chi connectivity index (χ3n) is 3.31. The van der Waals surface area contributed by atoms with Crippen molar-refractivity contribution in [3.05, 3.63) is 0 Å². The monoisotopic (exact) mass is 199 g/mol. The highest BCUT2D eigenvalue weighted by Crippen LogP contribution is 2.21. The third kappa shape index (κ3) is 3.23. The number of hydrogen-bond acceptors (Lipinski definition) is 3. The zero-order valence-corrected chi connectivity index (χ0v) is 9.87. The Morgan fingerprint density at radius 3 is 2.71 bits per heavy atom. The molecule has 0 aromatic heterocycles. The fraction of sp³-hybridized carbons (Fsp3) is 1.00. The van der Waals surface area contributed by atoms with Crippen LogP contribution in [0, 0.1) is 5.92 Å². The van der Waals surface area contributed by atoms with Crippen molar-refractivity contribution in [3.8, 4) is 0 Å². The van der Waals surface area contributed by atoms with Crippen LogP contribution in [0.3, 0.4) is 0 Å². The summed E-state index contributed by atoms with van der Waals surface area (Å²) in [4.78, 5) is 4.81. The van der Waals surface area contributed by atoms with Crippen LogP contribution in [0.2, 0.25) is 0 Å². The molecular weight excluding hydrogens is 174 g/mol. The summed E-state index contributed by atoms with van der Waals surface area (Å²) in [6, 6.07) is 0.615. The van der Waals surface area contributed by atoms with E-state index in [4.69, 9.17) is 5.73 Å².